The molecular formula is C16H25ClO. The summed E-state index contributed by atoms with van der Waals surface area (Å²) in [6.45, 7) is 4.23. The van der Waals surface area contributed by atoms with Gasteiger partial charge in [0.1, 0.15) is 0 Å². The predicted molar refractivity (Wildman–Crippen MR) is 79.1 cm³/mol. The summed E-state index contributed by atoms with van der Waals surface area (Å²) in [5.74, 6) is 0. The maximum atomic E-state index is 10.1. The van der Waals surface area contributed by atoms with E-state index in [9.17, 15) is 5.11 Å². The maximum Gasteiger partial charge on any atom is 0.0790 e. The first-order valence-electron chi connectivity index (χ1n) is 7.08. The van der Waals surface area contributed by atoms with Gasteiger partial charge in [0.2, 0.25) is 0 Å². The zero-order valence-electron chi connectivity index (χ0n) is 11.6. The minimum absolute atomic E-state index is 0.367. The van der Waals surface area contributed by atoms with E-state index in [0.717, 1.165) is 24.0 Å². The van der Waals surface area contributed by atoms with Gasteiger partial charge in [0.25, 0.3) is 0 Å². The third kappa shape index (κ3) is 5.88. The summed E-state index contributed by atoms with van der Waals surface area (Å²) in [6.07, 6.45) is 8.01. The second kappa shape index (κ2) is 8.55. The van der Waals surface area contributed by atoms with Crippen molar-refractivity contribution in [3.8, 4) is 0 Å². The number of aryl methyl sites for hydroxylation is 1. The minimum Gasteiger partial charge on any atom is -0.388 e. The molecule has 0 fully saturated rings. The van der Waals surface area contributed by atoms with Crippen molar-refractivity contribution < 1.29 is 5.11 Å². The van der Waals surface area contributed by atoms with E-state index in [1.807, 2.05) is 25.1 Å². The Hall–Kier alpha value is -0.530. The highest BCUT2D eigenvalue weighted by atomic mass is 35.5. The van der Waals surface area contributed by atoms with Gasteiger partial charge in [-0.25, -0.2) is 0 Å². The minimum atomic E-state index is -0.367. The molecule has 18 heavy (non-hydrogen) atoms. The average Bonchev–Trinajstić information content (AvgIpc) is 2.32. The molecule has 0 amide bonds. The molecule has 0 bridgehead atoms. The van der Waals surface area contributed by atoms with Gasteiger partial charge in [-0.05, 0) is 36.6 Å². The van der Waals surface area contributed by atoms with Crippen molar-refractivity contribution in [3.63, 3.8) is 0 Å². The number of halogens is 1. The first kappa shape index (κ1) is 15.5. The highest BCUT2D eigenvalue weighted by molar-refractivity contribution is 6.30. The zero-order valence-corrected chi connectivity index (χ0v) is 12.3. The SMILES string of the molecule is CCCCCCCCC(O)c1cc(C)cc(Cl)c1. The highest BCUT2D eigenvalue weighted by Gasteiger charge is 2.08. The summed E-state index contributed by atoms with van der Waals surface area (Å²) in [5, 5.41) is 10.8. The Morgan fingerprint density at radius 1 is 1.06 bits per heavy atom. The fraction of sp³-hybridized carbons (Fsp3) is 0.625. The summed E-state index contributed by atoms with van der Waals surface area (Å²) < 4.78 is 0. The van der Waals surface area contributed by atoms with E-state index >= 15 is 0 Å². The van der Waals surface area contributed by atoms with Gasteiger partial charge in [0, 0.05) is 5.02 Å². The number of hydrogen-bond donors (Lipinski definition) is 1. The fourth-order valence-corrected chi connectivity index (χ4v) is 2.54. The van der Waals surface area contributed by atoms with Crippen LogP contribution in [0.15, 0.2) is 18.2 Å². The summed E-state index contributed by atoms with van der Waals surface area (Å²) in [5.41, 5.74) is 2.06. The molecular weight excluding hydrogens is 244 g/mol. The molecule has 2 heteroatoms. The van der Waals surface area contributed by atoms with E-state index in [0.29, 0.717) is 5.02 Å². The number of unbranched alkanes of at least 4 members (excludes halogenated alkanes) is 5. The van der Waals surface area contributed by atoms with Gasteiger partial charge in [0.05, 0.1) is 6.10 Å². The molecule has 1 nitrogen and oxygen atoms in total. The van der Waals surface area contributed by atoms with Crippen LogP contribution in [0.25, 0.3) is 0 Å². The molecule has 1 N–H and O–H groups in total. The van der Waals surface area contributed by atoms with Gasteiger partial charge in [-0.2, -0.15) is 0 Å². The average molecular weight is 269 g/mol. The quantitative estimate of drug-likeness (QED) is 0.623. The molecule has 0 aliphatic carbocycles. The van der Waals surface area contributed by atoms with Crippen LogP contribution < -0.4 is 0 Å². The second-order valence-electron chi connectivity index (χ2n) is 5.13. The maximum absolute atomic E-state index is 10.1. The third-order valence-corrected chi connectivity index (χ3v) is 3.50. The third-order valence-electron chi connectivity index (χ3n) is 3.28. The summed E-state index contributed by atoms with van der Waals surface area (Å²) in [6, 6.07) is 5.81. The van der Waals surface area contributed by atoms with E-state index in [2.05, 4.69) is 6.92 Å². The van der Waals surface area contributed by atoms with Gasteiger partial charge in [-0.3, -0.25) is 0 Å². The van der Waals surface area contributed by atoms with Crippen molar-refractivity contribution in [2.45, 2.75) is 64.9 Å². The Balaban J connectivity index is 2.29. The molecule has 0 aliphatic rings. The Labute approximate surface area is 116 Å². The lowest BCUT2D eigenvalue weighted by Gasteiger charge is -2.12. The van der Waals surface area contributed by atoms with Gasteiger partial charge >= 0.3 is 0 Å². The van der Waals surface area contributed by atoms with Crippen molar-refractivity contribution in [3.05, 3.63) is 34.3 Å². The van der Waals surface area contributed by atoms with Crippen molar-refractivity contribution in [2.24, 2.45) is 0 Å². The molecule has 0 heterocycles. The van der Waals surface area contributed by atoms with Crippen LogP contribution in [0.3, 0.4) is 0 Å². The fourth-order valence-electron chi connectivity index (χ4n) is 2.24. The molecule has 102 valence electrons. The number of aliphatic hydroxyl groups is 1. The van der Waals surface area contributed by atoms with Gasteiger partial charge in [0.15, 0.2) is 0 Å². The summed E-state index contributed by atoms with van der Waals surface area (Å²) in [7, 11) is 0. The van der Waals surface area contributed by atoms with Crippen LogP contribution >= 0.6 is 11.6 Å². The number of rotatable bonds is 8. The summed E-state index contributed by atoms with van der Waals surface area (Å²) in [4.78, 5) is 0. The van der Waals surface area contributed by atoms with Crippen molar-refractivity contribution in [1.82, 2.24) is 0 Å². The first-order chi connectivity index (χ1) is 8.63. The van der Waals surface area contributed by atoms with Crippen LogP contribution in [0.1, 0.15) is 69.1 Å². The van der Waals surface area contributed by atoms with Crippen LogP contribution in [-0.4, -0.2) is 5.11 Å². The molecule has 0 radical (unpaired) electrons. The lowest BCUT2D eigenvalue weighted by atomic mass is 10.0. The second-order valence-corrected chi connectivity index (χ2v) is 5.57. The largest absolute Gasteiger partial charge is 0.388 e. The number of hydrogen-bond acceptors (Lipinski definition) is 1. The monoisotopic (exact) mass is 268 g/mol. The topological polar surface area (TPSA) is 20.2 Å². The molecule has 1 aromatic carbocycles. The zero-order chi connectivity index (χ0) is 13.4. The van der Waals surface area contributed by atoms with Gasteiger partial charge in [-0.1, -0.05) is 63.1 Å². The van der Waals surface area contributed by atoms with Crippen molar-refractivity contribution in [2.75, 3.05) is 0 Å². The molecule has 1 aromatic rings. The number of aliphatic hydroxyl groups excluding tert-OH is 1. The Morgan fingerprint density at radius 3 is 2.39 bits per heavy atom. The van der Waals surface area contributed by atoms with Crippen molar-refractivity contribution in [1.29, 1.82) is 0 Å². The van der Waals surface area contributed by atoms with E-state index in [1.165, 1.54) is 32.1 Å². The molecule has 0 spiro atoms. The van der Waals surface area contributed by atoms with E-state index in [-0.39, 0.29) is 6.10 Å². The van der Waals surface area contributed by atoms with Crippen LogP contribution in [-0.2, 0) is 0 Å². The highest BCUT2D eigenvalue weighted by Crippen LogP contribution is 2.24. The summed E-state index contributed by atoms with van der Waals surface area (Å²) >= 11 is 6.00. The Morgan fingerprint density at radius 2 is 1.72 bits per heavy atom. The van der Waals surface area contributed by atoms with Crippen LogP contribution in [0, 0.1) is 6.92 Å². The Bertz CT molecular complexity index is 329. The van der Waals surface area contributed by atoms with Crippen LogP contribution in [0.2, 0.25) is 5.02 Å². The molecule has 0 saturated carbocycles. The van der Waals surface area contributed by atoms with Gasteiger partial charge < -0.3 is 5.11 Å². The molecule has 0 aromatic heterocycles. The molecule has 0 aliphatic heterocycles. The number of benzene rings is 1. The van der Waals surface area contributed by atoms with E-state index < -0.39 is 0 Å². The van der Waals surface area contributed by atoms with Crippen LogP contribution in [0.4, 0.5) is 0 Å². The lowest BCUT2D eigenvalue weighted by molar-refractivity contribution is 0.163. The van der Waals surface area contributed by atoms with E-state index in [1.54, 1.807) is 0 Å². The van der Waals surface area contributed by atoms with Gasteiger partial charge in [-0.15, -0.1) is 0 Å². The molecule has 1 unspecified atom stereocenters. The molecule has 1 rings (SSSR count). The molecule has 0 saturated heterocycles. The standard InChI is InChI=1S/C16H25ClO/c1-3-4-5-6-7-8-9-16(18)14-10-13(2)11-15(17)12-14/h10-12,16,18H,3-9H2,1-2H3. The lowest BCUT2D eigenvalue weighted by Crippen LogP contribution is -1.98. The predicted octanol–water partition coefficient (Wildman–Crippen LogP) is 5.43. The normalized spacial score (nSPS) is 12.7. The molecule has 1 atom stereocenters. The first-order valence-corrected chi connectivity index (χ1v) is 7.46. The Kier molecular flexibility index (Phi) is 7.38. The van der Waals surface area contributed by atoms with Crippen LogP contribution in [0.5, 0.6) is 0 Å². The smallest absolute Gasteiger partial charge is 0.0790 e. The van der Waals surface area contributed by atoms with Crippen molar-refractivity contribution >= 4 is 11.6 Å². The van der Waals surface area contributed by atoms with E-state index in [4.69, 9.17) is 11.6 Å².